The van der Waals surface area contributed by atoms with Crippen molar-refractivity contribution in [2.24, 2.45) is 0 Å². The van der Waals surface area contributed by atoms with Gasteiger partial charge in [-0.05, 0) is 163 Å². The van der Waals surface area contributed by atoms with E-state index < -0.39 is 24.2 Å². The number of alkyl halides is 1. The lowest BCUT2D eigenvalue weighted by molar-refractivity contribution is -0.138. The monoisotopic (exact) mass is 1140 g/mol. The molecule has 0 spiro atoms. The van der Waals surface area contributed by atoms with E-state index in [0.717, 1.165) is 38.8 Å². The minimum Gasteiger partial charge on any atom is -0.463 e. The molecule has 0 bridgehead atoms. The molecule has 0 amide bonds. The number of rotatable bonds is 22. The lowest BCUT2D eigenvalue weighted by Gasteiger charge is -2.06. The zero-order chi connectivity index (χ0) is 49.3. The second-order valence-corrected chi connectivity index (χ2v) is 15.5. The fourth-order valence-electron chi connectivity index (χ4n) is 5.37. The van der Waals surface area contributed by atoms with Crippen molar-refractivity contribution in [3.63, 3.8) is 0 Å². The highest BCUT2D eigenvalue weighted by Gasteiger charge is 2.07. The van der Waals surface area contributed by atoms with Crippen LogP contribution in [-0.4, -0.2) is 55.6 Å². The van der Waals surface area contributed by atoms with Crippen molar-refractivity contribution in [2.45, 2.75) is 90.9 Å². The number of terminal acetylenes is 1. The average Bonchev–Trinajstić information content (AvgIpc) is 3.35. The number of halogens is 2. The van der Waals surface area contributed by atoms with Gasteiger partial charge in [-0.25, -0.2) is 19.2 Å². The zero-order valence-electron chi connectivity index (χ0n) is 39.0. The summed E-state index contributed by atoms with van der Waals surface area (Å²) < 4.78 is 30.7. The molecule has 10 nitrogen and oxygen atoms in total. The minimum absolute atomic E-state index is 0.186. The molecular formula is C55H64I2O10. The summed E-state index contributed by atoms with van der Waals surface area (Å²) in [5.41, 5.74) is 5.50. The molecule has 4 rings (SSSR count). The number of benzene rings is 4. The van der Waals surface area contributed by atoms with Gasteiger partial charge < -0.3 is 28.4 Å². The first-order valence-corrected chi connectivity index (χ1v) is 25.5. The van der Waals surface area contributed by atoms with Crippen LogP contribution >= 0.6 is 45.2 Å². The Labute approximate surface area is 425 Å². The molecule has 0 aliphatic heterocycles. The smallest absolute Gasteiger partial charge is 0.463 e. The molecule has 0 heterocycles. The largest absolute Gasteiger partial charge is 0.513 e. The van der Waals surface area contributed by atoms with Gasteiger partial charge in [-0.3, -0.25) is 0 Å². The van der Waals surface area contributed by atoms with Crippen LogP contribution in [0.3, 0.4) is 0 Å². The third-order valence-corrected chi connectivity index (χ3v) is 9.69. The number of carbonyl (C=O) groups is 4. The van der Waals surface area contributed by atoms with E-state index in [1.807, 2.05) is 41.3 Å². The summed E-state index contributed by atoms with van der Waals surface area (Å²) in [7, 11) is 0. The normalized spacial score (nSPS) is 9.55. The van der Waals surface area contributed by atoms with Crippen LogP contribution in [0, 0.1) is 27.8 Å². The molecule has 0 aliphatic carbocycles. The maximum Gasteiger partial charge on any atom is 0.513 e. The van der Waals surface area contributed by atoms with Gasteiger partial charge in [0.05, 0.1) is 26.4 Å². The van der Waals surface area contributed by atoms with Crippen LogP contribution in [0.5, 0.6) is 11.5 Å². The SMILES string of the molecule is C#Cc1ccc(CCCCC)cc1.C=CC(=O)OCCCCOC(=O)Oc1ccc(C#Cc2ccc(CCCCC)cc2)cc1.C=CC(=O)OCCCCOC(=O)Oc1ccc(I)cc1.CI. The predicted octanol–water partition coefficient (Wildman–Crippen LogP) is 13.6. The average molecular weight is 1140 g/mol. The maximum absolute atomic E-state index is 11.7. The Kier molecular flexibility index (Phi) is 35.1. The molecule has 358 valence electrons. The molecule has 4 aromatic carbocycles. The van der Waals surface area contributed by atoms with Gasteiger partial charge in [0.15, 0.2) is 0 Å². The van der Waals surface area contributed by atoms with Crippen LogP contribution in [-0.2, 0) is 41.4 Å². The first-order chi connectivity index (χ1) is 32.6. The molecule has 0 atom stereocenters. The first-order valence-electron chi connectivity index (χ1n) is 22.3. The Morgan fingerprint density at radius 2 is 0.851 bits per heavy atom. The van der Waals surface area contributed by atoms with E-state index in [9.17, 15) is 19.2 Å². The van der Waals surface area contributed by atoms with E-state index in [4.69, 9.17) is 34.8 Å². The summed E-state index contributed by atoms with van der Waals surface area (Å²) in [5, 5.41) is 0. The molecule has 0 fully saturated rings. The van der Waals surface area contributed by atoms with Gasteiger partial charge in [-0.1, -0.05) is 117 Å². The summed E-state index contributed by atoms with van der Waals surface area (Å²) in [5.74, 6) is 8.80. The van der Waals surface area contributed by atoms with Gasteiger partial charge in [-0.15, -0.1) is 6.42 Å². The maximum atomic E-state index is 11.7. The number of carbonyl (C=O) groups excluding carboxylic acids is 4. The summed E-state index contributed by atoms with van der Waals surface area (Å²) in [6.07, 6.45) is 18.2. The lowest BCUT2D eigenvalue weighted by Crippen LogP contribution is -2.12. The lowest BCUT2D eigenvalue weighted by atomic mass is 10.1. The number of hydrogen-bond donors (Lipinski definition) is 0. The molecule has 0 N–H and O–H groups in total. The van der Waals surface area contributed by atoms with Crippen molar-refractivity contribution >= 4 is 69.4 Å². The summed E-state index contributed by atoms with van der Waals surface area (Å²) >= 11 is 4.31. The second kappa shape index (κ2) is 39.6. The first kappa shape index (κ1) is 59.4. The fourth-order valence-corrected chi connectivity index (χ4v) is 5.73. The van der Waals surface area contributed by atoms with E-state index in [1.54, 1.807) is 36.4 Å². The number of esters is 2. The Hall–Kier alpha value is -5.58. The Balaban J connectivity index is 0.000000544. The molecular weight excluding hydrogens is 1070 g/mol. The van der Waals surface area contributed by atoms with Gasteiger partial charge in [0.2, 0.25) is 0 Å². The van der Waals surface area contributed by atoms with Crippen LogP contribution < -0.4 is 9.47 Å². The zero-order valence-corrected chi connectivity index (χ0v) is 43.4. The van der Waals surface area contributed by atoms with Gasteiger partial charge in [0.25, 0.3) is 0 Å². The van der Waals surface area contributed by atoms with Crippen molar-refractivity contribution in [3.8, 4) is 35.7 Å². The Bertz CT molecular complexity index is 2110. The van der Waals surface area contributed by atoms with Gasteiger partial charge >= 0.3 is 24.2 Å². The highest BCUT2D eigenvalue weighted by Crippen LogP contribution is 2.15. The quantitative estimate of drug-likeness (QED) is 0.0110. The van der Waals surface area contributed by atoms with Crippen LogP contribution in [0.25, 0.3) is 0 Å². The predicted molar refractivity (Wildman–Crippen MR) is 284 cm³/mol. The van der Waals surface area contributed by atoms with Gasteiger partial charge in [0.1, 0.15) is 11.5 Å². The second-order valence-electron chi connectivity index (χ2n) is 14.2. The molecule has 0 unspecified atom stereocenters. The van der Waals surface area contributed by atoms with E-state index in [0.29, 0.717) is 37.2 Å². The van der Waals surface area contributed by atoms with Crippen molar-refractivity contribution in [3.05, 3.63) is 154 Å². The molecule has 0 saturated carbocycles. The highest BCUT2D eigenvalue weighted by atomic mass is 127. The van der Waals surface area contributed by atoms with E-state index in [1.165, 1.54) is 56.1 Å². The van der Waals surface area contributed by atoms with Gasteiger partial charge in [0, 0.05) is 32.4 Å². The van der Waals surface area contributed by atoms with Crippen molar-refractivity contribution in [2.75, 3.05) is 31.4 Å². The Morgan fingerprint density at radius 1 is 0.507 bits per heavy atom. The topological polar surface area (TPSA) is 124 Å². The van der Waals surface area contributed by atoms with Crippen molar-refractivity contribution in [1.82, 2.24) is 0 Å². The molecule has 0 aromatic heterocycles. The van der Waals surface area contributed by atoms with Crippen molar-refractivity contribution in [1.29, 1.82) is 0 Å². The molecule has 0 radical (unpaired) electrons. The summed E-state index contributed by atoms with van der Waals surface area (Å²) in [4.78, 5) is 46.7. The standard InChI is InChI=1S/C27H30O5.C14H15IO5.C13H16.CH3I/c1-3-5-6-9-22-10-12-23(13-11-22)14-15-24-16-18-25(19-17-24)32-27(29)31-21-8-7-20-30-26(28)4-2;1-2-13(16)18-9-3-4-10-19-14(17)20-12-7-5-11(15)6-8-12;1-3-5-6-7-13-10-8-12(4-2)9-11-13;1-2/h4,10-13,16-19H,2-3,5-9,20-21H2,1H3;2,5-8H,1,3-4,9-10H2;2,8-11H,3,5-7H2,1H3;1H3. The number of hydrogen-bond acceptors (Lipinski definition) is 10. The molecule has 0 saturated heterocycles. The summed E-state index contributed by atoms with van der Waals surface area (Å²) in [6, 6.07) is 30.6. The Morgan fingerprint density at radius 3 is 1.21 bits per heavy atom. The fraction of sp³-hybridized carbons (Fsp3) is 0.345. The summed E-state index contributed by atoms with van der Waals surface area (Å²) in [6.45, 7) is 12.0. The number of aryl methyl sites for hydroxylation is 2. The van der Waals surface area contributed by atoms with Gasteiger partial charge in [-0.2, -0.15) is 0 Å². The van der Waals surface area contributed by atoms with E-state index in [-0.39, 0.29) is 26.4 Å². The van der Waals surface area contributed by atoms with Crippen LogP contribution in [0.1, 0.15) is 106 Å². The molecule has 67 heavy (non-hydrogen) atoms. The minimum atomic E-state index is -0.772. The number of unbranched alkanes of at least 4 members (excludes halogenated alkanes) is 6. The highest BCUT2D eigenvalue weighted by molar-refractivity contribution is 14.1. The van der Waals surface area contributed by atoms with E-state index in [2.05, 4.69) is 114 Å². The number of ether oxygens (including phenoxy) is 6. The third-order valence-electron chi connectivity index (χ3n) is 8.97. The van der Waals surface area contributed by atoms with Crippen LogP contribution in [0.2, 0.25) is 0 Å². The molecule has 4 aromatic rings. The van der Waals surface area contributed by atoms with Crippen LogP contribution in [0.15, 0.2) is 122 Å². The molecule has 0 aliphatic rings. The molecule has 12 heteroatoms. The van der Waals surface area contributed by atoms with E-state index >= 15 is 0 Å². The van der Waals surface area contributed by atoms with Crippen LogP contribution in [0.4, 0.5) is 9.59 Å². The third kappa shape index (κ3) is 31.1. The van der Waals surface area contributed by atoms with Crippen molar-refractivity contribution < 1.29 is 47.6 Å².